The van der Waals surface area contributed by atoms with Crippen LogP contribution in [0.2, 0.25) is 0 Å². The second-order valence-corrected chi connectivity index (χ2v) is 6.98. The van der Waals surface area contributed by atoms with E-state index in [2.05, 4.69) is 31.8 Å². The number of carbonyl (C=O) groups excluding carboxylic acids is 2. The van der Waals surface area contributed by atoms with Crippen LogP contribution in [0, 0.1) is 0 Å². The lowest BCUT2D eigenvalue weighted by atomic mass is 10.1. The SMILES string of the molecule is C/C(=N\NC(=O)c1ccc(Br)o1)c1ccc(NC(=O)c2cccs2)cc1. The van der Waals surface area contributed by atoms with Crippen molar-refractivity contribution in [2.24, 2.45) is 5.10 Å². The number of carbonyl (C=O) groups is 2. The van der Waals surface area contributed by atoms with Gasteiger partial charge in [-0.2, -0.15) is 5.10 Å². The highest BCUT2D eigenvalue weighted by molar-refractivity contribution is 9.10. The molecule has 0 aliphatic carbocycles. The van der Waals surface area contributed by atoms with Crippen LogP contribution in [-0.2, 0) is 0 Å². The molecule has 0 spiro atoms. The zero-order chi connectivity index (χ0) is 18.5. The van der Waals surface area contributed by atoms with E-state index in [-0.39, 0.29) is 11.7 Å². The van der Waals surface area contributed by atoms with Gasteiger partial charge >= 0.3 is 5.91 Å². The van der Waals surface area contributed by atoms with Crippen molar-refractivity contribution >= 4 is 50.5 Å². The summed E-state index contributed by atoms with van der Waals surface area (Å²) in [6.07, 6.45) is 0. The molecule has 132 valence electrons. The third-order valence-corrected chi connectivity index (χ3v) is 4.72. The standard InChI is InChI=1S/C18H14BrN3O3S/c1-11(21-22-17(23)14-8-9-16(19)25-14)12-4-6-13(7-5-12)20-18(24)15-3-2-10-26-15/h2-10H,1H3,(H,20,24)(H,22,23)/b21-11+. The molecule has 2 N–H and O–H groups in total. The molecule has 2 amide bonds. The lowest BCUT2D eigenvalue weighted by Crippen LogP contribution is -2.18. The second kappa shape index (κ2) is 8.11. The van der Waals surface area contributed by atoms with Crippen molar-refractivity contribution in [1.82, 2.24) is 5.43 Å². The van der Waals surface area contributed by atoms with Gasteiger partial charge in [0.05, 0.1) is 10.6 Å². The van der Waals surface area contributed by atoms with Crippen LogP contribution < -0.4 is 10.7 Å². The molecular formula is C18H14BrN3O3S. The number of furan rings is 1. The number of benzene rings is 1. The Morgan fingerprint density at radius 1 is 1.08 bits per heavy atom. The van der Waals surface area contributed by atoms with Crippen molar-refractivity contribution in [3.63, 3.8) is 0 Å². The first-order valence-electron chi connectivity index (χ1n) is 7.58. The van der Waals surface area contributed by atoms with E-state index in [1.54, 1.807) is 37.3 Å². The maximum atomic E-state index is 12.0. The average molecular weight is 432 g/mol. The number of thiophene rings is 1. The first kappa shape index (κ1) is 18.1. The van der Waals surface area contributed by atoms with E-state index in [0.29, 0.717) is 20.9 Å². The molecule has 1 aromatic carbocycles. The molecule has 2 aromatic heterocycles. The number of halogens is 1. The van der Waals surface area contributed by atoms with E-state index >= 15 is 0 Å². The van der Waals surface area contributed by atoms with Gasteiger partial charge in [-0.05, 0) is 64.1 Å². The minimum Gasteiger partial charge on any atom is -0.444 e. The number of rotatable bonds is 5. The van der Waals surface area contributed by atoms with Crippen LogP contribution in [0.4, 0.5) is 5.69 Å². The van der Waals surface area contributed by atoms with Crippen LogP contribution in [0.5, 0.6) is 0 Å². The number of anilines is 1. The van der Waals surface area contributed by atoms with Gasteiger partial charge in [-0.25, -0.2) is 5.43 Å². The maximum absolute atomic E-state index is 12.0. The summed E-state index contributed by atoms with van der Waals surface area (Å²) in [6, 6.07) is 14.0. The van der Waals surface area contributed by atoms with Crippen molar-refractivity contribution < 1.29 is 14.0 Å². The summed E-state index contributed by atoms with van der Waals surface area (Å²) in [4.78, 5) is 24.6. The smallest absolute Gasteiger partial charge is 0.307 e. The Balaban J connectivity index is 1.62. The fourth-order valence-corrected chi connectivity index (χ4v) is 3.01. The van der Waals surface area contributed by atoms with Gasteiger partial charge < -0.3 is 9.73 Å². The summed E-state index contributed by atoms with van der Waals surface area (Å²) in [5.74, 6) is -0.412. The molecule has 0 atom stereocenters. The van der Waals surface area contributed by atoms with Crippen molar-refractivity contribution in [2.45, 2.75) is 6.92 Å². The highest BCUT2D eigenvalue weighted by Crippen LogP contribution is 2.15. The summed E-state index contributed by atoms with van der Waals surface area (Å²) >= 11 is 4.53. The molecule has 26 heavy (non-hydrogen) atoms. The number of hydrogen-bond donors (Lipinski definition) is 2. The van der Waals surface area contributed by atoms with Gasteiger partial charge in [-0.1, -0.05) is 18.2 Å². The average Bonchev–Trinajstić information content (AvgIpc) is 3.31. The molecule has 0 unspecified atom stereocenters. The Bertz CT molecular complexity index is 946. The normalized spacial score (nSPS) is 11.2. The van der Waals surface area contributed by atoms with Gasteiger partial charge in [0.2, 0.25) is 0 Å². The largest absolute Gasteiger partial charge is 0.444 e. The predicted octanol–water partition coefficient (Wildman–Crippen LogP) is 4.51. The first-order valence-corrected chi connectivity index (χ1v) is 9.25. The summed E-state index contributed by atoms with van der Waals surface area (Å²) in [5.41, 5.74) is 4.57. The van der Waals surface area contributed by atoms with E-state index in [1.165, 1.54) is 11.3 Å². The Hall–Kier alpha value is -2.71. The highest BCUT2D eigenvalue weighted by atomic mass is 79.9. The third kappa shape index (κ3) is 4.47. The topological polar surface area (TPSA) is 83.7 Å². The van der Waals surface area contributed by atoms with Crippen LogP contribution in [0.1, 0.15) is 32.7 Å². The lowest BCUT2D eigenvalue weighted by Gasteiger charge is -2.06. The van der Waals surface area contributed by atoms with Gasteiger partial charge in [0.25, 0.3) is 5.91 Å². The molecule has 0 saturated heterocycles. The molecule has 0 aliphatic heterocycles. The molecular weight excluding hydrogens is 418 g/mol. The minimum atomic E-state index is -0.435. The van der Waals surface area contributed by atoms with Crippen molar-refractivity contribution in [2.75, 3.05) is 5.32 Å². The van der Waals surface area contributed by atoms with Gasteiger partial charge in [0.1, 0.15) is 0 Å². The van der Waals surface area contributed by atoms with Crippen LogP contribution in [0.3, 0.4) is 0 Å². The number of nitrogens with one attached hydrogen (secondary N) is 2. The van der Waals surface area contributed by atoms with Gasteiger partial charge in [-0.15, -0.1) is 11.3 Å². The molecule has 8 heteroatoms. The summed E-state index contributed by atoms with van der Waals surface area (Å²) < 4.78 is 5.64. The van der Waals surface area contributed by atoms with E-state index < -0.39 is 5.91 Å². The van der Waals surface area contributed by atoms with Gasteiger partial charge in [-0.3, -0.25) is 9.59 Å². The molecule has 0 fully saturated rings. The summed E-state index contributed by atoms with van der Waals surface area (Å²) in [6.45, 7) is 1.78. The summed E-state index contributed by atoms with van der Waals surface area (Å²) in [5, 5.41) is 8.75. The van der Waals surface area contributed by atoms with E-state index in [9.17, 15) is 9.59 Å². The molecule has 0 bridgehead atoms. The minimum absolute atomic E-state index is 0.144. The van der Waals surface area contributed by atoms with Gasteiger partial charge in [0.15, 0.2) is 10.4 Å². The van der Waals surface area contributed by atoms with Crippen LogP contribution in [0.15, 0.2) is 68.1 Å². The second-order valence-electron chi connectivity index (χ2n) is 5.25. The number of nitrogens with zero attached hydrogens (tertiary/aromatic N) is 1. The number of hydrogen-bond acceptors (Lipinski definition) is 5. The lowest BCUT2D eigenvalue weighted by molar-refractivity contribution is 0.0925. The highest BCUT2D eigenvalue weighted by Gasteiger charge is 2.10. The number of hydrazone groups is 1. The maximum Gasteiger partial charge on any atom is 0.307 e. The van der Waals surface area contributed by atoms with Crippen molar-refractivity contribution in [1.29, 1.82) is 0 Å². The fraction of sp³-hybridized carbons (Fsp3) is 0.0556. The monoisotopic (exact) mass is 431 g/mol. The Kier molecular flexibility index (Phi) is 5.65. The molecule has 0 aliphatic rings. The van der Waals surface area contributed by atoms with Crippen LogP contribution in [-0.4, -0.2) is 17.5 Å². The van der Waals surface area contributed by atoms with E-state index in [0.717, 1.165) is 5.56 Å². The van der Waals surface area contributed by atoms with Crippen molar-refractivity contribution in [3.8, 4) is 0 Å². The zero-order valence-corrected chi connectivity index (χ0v) is 16.1. The molecule has 0 radical (unpaired) electrons. The molecule has 3 rings (SSSR count). The Morgan fingerprint density at radius 3 is 2.46 bits per heavy atom. The van der Waals surface area contributed by atoms with E-state index in [1.807, 2.05) is 23.6 Å². The van der Waals surface area contributed by atoms with Gasteiger partial charge in [0, 0.05) is 5.69 Å². The first-order chi connectivity index (χ1) is 12.5. The summed E-state index contributed by atoms with van der Waals surface area (Å²) in [7, 11) is 0. The molecule has 3 aromatic rings. The van der Waals surface area contributed by atoms with Crippen LogP contribution >= 0.6 is 27.3 Å². The fourth-order valence-electron chi connectivity index (χ4n) is 2.09. The van der Waals surface area contributed by atoms with E-state index in [4.69, 9.17) is 4.42 Å². The molecule has 6 nitrogen and oxygen atoms in total. The Morgan fingerprint density at radius 2 is 1.85 bits per heavy atom. The quantitative estimate of drug-likeness (QED) is 0.460. The predicted molar refractivity (Wildman–Crippen MR) is 105 cm³/mol. The zero-order valence-electron chi connectivity index (χ0n) is 13.7. The third-order valence-electron chi connectivity index (χ3n) is 3.43. The molecule has 2 heterocycles. The molecule has 0 saturated carbocycles. The van der Waals surface area contributed by atoms with Crippen LogP contribution in [0.25, 0.3) is 0 Å². The Labute approximate surface area is 162 Å². The number of amides is 2. The van der Waals surface area contributed by atoms with Crippen molar-refractivity contribution in [3.05, 3.63) is 74.8 Å².